The minimum absolute atomic E-state index is 0.0169. The molecule has 1 fully saturated rings. The molecule has 0 spiro atoms. The second-order valence-corrected chi connectivity index (χ2v) is 8.73. The molecule has 1 aliphatic rings. The minimum Gasteiger partial charge on any atom is -0.493 e. The van der Waals surface area contributed by atoms with Crippen molar-refractivity contribution >= 4 is 10.8 Å². The van der Waals surface area contributed by atoms with E-state index in [9.17, 15) is 19.1 Å². The molecule has 3 heterocycles. The highest BCUT2D eigenvalue weighted by Gasteiger charge is 2.21. The molecule has 176 valence electrons. The van der Waals surface area contributed by atoms with E-state index in [0.29, 0.717) is 47.2 Å². The number of benzene rings is 2. The molecule has 34 heavy (non-hydrogen) atoms. The van der Waals surface area contributed by atoms with Gasteiger partial charge in [-0.3, -0.25) is 9.36 Å². The third kappa shape index (κ3) is 3.92. The Morgan fingerprint density at radius 3 is 2.56 bits per heavy atom. The number of fused-ring (bicyclic) bond motifs is 1. The standard InChI is InChI=1S/C25H26FN5O3/c1-16-24(33)31(25(34)30(16)13-12-29-10-4-5-11-29)22-15-17(8-9-20(22)26)14-21-18-6-2-3-7-19(18)23(32)28-27-21/h2-3,6-9,15,33H,4-5,10-14H2,1H3,(H,28,32). The van der Waals surface area contributed by atoms with Gasteiger partial charge in [-0.25, -0.2) is 18.9 Å². The van der Waals surface area contributed by atoms with E-state index in [1.807, 2.05) is 12.1 Å². The fraction of sp³-hybridized carbons (Fsp3) is 0.320. The van der Waals surface area contributed by atoms with Crippen LogP contribution in [0.1, 0.15) is 29.8 Å². The number of nitrogens with zero attached hydrogens (tertiary/aromatic N) is 4. The molecule has 0 bridgehead atoms. The Kier molecular flexibility index (Phi) is 5.79. The molecule has 0 saturated carbocycles. The van der Waals surface area contributed by atoms with Gasteiger partial charge in [-0.1, -0.05) is 24.3 Å². The molecule has 2 N–H and O–H groups in total. The molecule has 0 radical (unpaired) electrons. The summed E-state index contributed by atoms with van der Waals surface area (Å²) in [6, 6.07) is 11.6. The van der Waals surface area contributed by atoms with E-state index >= 15 is 0 Å². The lowest BCUT2D eigenvalue weighted by Crippen LogP contribution is -2.30. The average Bonchev–Trinajstić information content (AvgIpc) is 3.43. The third-order valence-electron chi connectivity index (χ3n) is 6.60. The smallest absolute Gasteiger partial charge is 0.336 e. The van der Waals surface area contributed by atoms with Crippen LogP contribution in [0.25, 0.3) is 16.5 Å². The van der Waals surface area contributed by atoms with Crippen LogP contribution in [0.3, 0.4) is 0 Å². The highest BCUT2D eigenvalue weighted by Crippen LogP contribution is 2.25. The molecule has 4 aromatic rings. The van der Waals surface area contributed by atoms with Gasteiger partial charge in [0.15, 0.2) is 0 Å². The minimum atomic E-state index is -0.614. The summed E-state index contributed by atoms with van der Waals surface area (Å²) >= 11 is 0. The number of likely N-dealkylation sites (tertiary alicyclic amines) is 1. The lowest BCUT2D eigenvalue weighted by Gasteiger charge is -2.14. The van der Waals surface area contributed by atoms with Gasteiger partial charge >= 0.3 is 5.69 Å². The van der Waals surface area contributed by atoms with E-state index in [4.69, 9.17) is 0 Å². The topological polar surface area (TPSA) is 96.1 Å². The van der Waals surface area contributed by atoms with Crippen LogP contribution < -0.4 is 11.2 Å². The predicted molar refractivity (Wildman–Crippen MR) is 127 cm³/mol. The van der Waals surface area contributed by atoms with Crippen molar-refractivity contribution in [3.8, 4) is 11.6 Å². The maximum absolute atomic E-state index is 14.9. The number of aromatic hydroxyl groups is 1. The van der Waals surface area contributed by atoms with Crippen molar-refractivity contribution in [3.05, 3.63) is 86.1 Å². The van der Waals surface area contributed by atoms with E-state index in [0.717, 1.165) is 30.5 Å². The normalized spacial score (nSPS) is 14.3. The molecule has 1 saturated heterocycles. The first-order valence-electron chi connectivity index (χ1n) is 11.4. The van der Waals surface area contributed by atoms with Crippen LogP contribution in [-0.4, -0.2) is 49.0 Å². The van der Waals surface area contributed by atoms with Crippen molar-refractivity contribution < 1.29 is 9.50 Å². The fourth-order valence-corrected chi connectivity index (χ4v) is 4.70. The SMILES string of the molecule is Cc1c(O)n(-c2cc(Cc3n[nH]c(=O)c4ccccc34)ccc2F)c(=O)n1CCN1CCCC1. The number of aromatic amines is 1. The number of halogens is 1. The van der Waals surface area contributed by atoms with Gasteiger partial charge in [0.2, 0.25) is 5.88 Å². The molecule has 2 aromatic carbocycles. The van der Waals surface area contributed by atoms with Gasteiger partial charge < -0.3 is 10.0 Å². The Bertz CT molecular complexity index is 1480. The van der Waals surface area contributed by atoms with Crippen LogP contribution in [0, 0.1) is 12.7 Å². The Morgan fingerprint density at radius 1 is 1.06 bits per heavy atom. The molecule has 0 atom stereocenters. The van der Waals surface area contributed by atoms with Gasteiger partial charge in [-0.15, -0.1) is 0 Å². The van der Waals surface area contributed by atoms with Crippen molar-refractivity contribution in [3.63, 3.8) is 0 Å². The molecule has 0 amide bonds. The molecule has 2 aromatic heterocycles. The first kappa shape index (κ1) is 22.1. The summed E-state index contributed by atoms with van der Waals surface area (Å²) < 4.78 is 17.4. The van der Waals surface area contributed by atoms with Gasteiger partial charge in [0.1, 0.15) is 5.82 Å². The van der Waals surface area contributed by atoms with Gasteiger partial charge in [0, 0.05) is 24.9 Å². The summed E-state index contributed by atoms with van der Waals surface area (Å²) in [6.45, 7) is 4.81. The van der Waals surface area contributed by atoms with E-state index in [2.05, 4.69) is 15.1 Å². The van der Waals surface area contributed by atoms with Crippen LogP contribution in [0.4, 0.5) is 4.39 Å². The van der Waals surface area contributed by atoms with E-state index in [-0.39, 0.29) is 17.1 Å². The zero-order chi connectivity index (χ0) is 23.8. The third-order valence-corrected chi connectivity index (χ3v) is 6.60. The first-order valence-corrected chi connectivity index (χ1v) is 11.4. The zero-order valence-corrected chi connectivity index (χ0v) is 18.9. The largest absolute Gasteiger partial charge is 0.493 e. The number of hydrogen-bond donors (Lipinski definition) is 2. The van der Waals surface area contributed by atoms with Gasteiger partial charge in [0.05, 0.1) is 22.5 Å². The van der Waals surface area contributed by atoms with Gasteiger partial charge in [-0.05, 0) is 56.6 Å². The Hall–Kier alpha value is -3.72. The molecule has 0 unspecified atom stereocenters. The van der Waals surface area contributed by atoms with E-state index < -0.39 is 11.5 Å². The number of H-pyrrole nitrogens is 1. The van der Waals surface area contributed by atoms with Crippen molar-refractivity contribution in [2.75, 3.05) is 19.6 Å². The summed E-state index contributed by atoms with van der Waals surface area (Å²) in [5.41, 5.74) is 0.955. The summed E-state index contributed by atoms with van der Waals surface area (Å²) in [6.07, 6.45) is 2.62. The number of hydrogen-bond acceptors (Lipinski definition) is 5. The Morgan fingerprint density at radius 2 is 1.79 bits per heavy atom. The summed E-state index contributed by atoms with van der Waals surface area (Å²) in [7, 11) is 0. The zero-order valence-electron chi connectivity index (χ0n) is 18.9. The van der Waals surface area contributed by atoms with E-state index in [1.165, 1.54) is 10.6 Å². The number of aromatic nitrogens is 4. The van der Waals surface area contributed by atoms with Crippen LogP contribution in [-0.2, 0) is 13.0 Å². The van der Waals surface area contributed by atoms with Crippen molar-refractivity contribution in [2.24, 2.45) is 0 Å². The summed E-state index contributed by atoms with van der Waals surface area (Å²) in [4.78, 5) is 27.5. The van der Waals surface area contributed by atoms with Crippen molar-refractivity contribution in [2.45, 2.75) is 32.7 Å². The number of nitrogens with one attached hydrogen (secondary N) is 1. The van der Waals surface area contributed by atoms with Gasteiger partial charge in [0.25, 0.3) is 5.56 Å². The lowest BCUT2D eigenvalue weighted by molar-refractivity contribution is 0.319. The molecule has 0 aliphatic carbocycles. The fourth-order valence-electron chi connectivity index (χ4n) is 4.70. The second kappa shape index (κ2) is 8.90. The highest BCUT2D eigenvalue weighted by atomic mass is 19.1. The Labute approximate surface area is 194 Å². The van der Waals surface area contributed by atoms with Crippen LogP contribution >= 0.6 is 0 Å². The molecule has 1 aliphatic heterocycles. The summed E-state index contributed by atoms with van der Waals surface area (Å²) in [5, 5.41) is 18.7. The molecule has 8 nitrogen and oxygen atoms in total. The Balaban J connectivity index is 1.50. The number of imidazole rings is 1. The average molecular weight is 464 g/mol. The predicted octanol–water partition coefficient (Wildman–Crippen LogP) is 2.72. The van der Waals surface area contributed by atoms with Crippen LogP contribution in [0.2, 0.25) is 0 Å². The lowest BCUT2D eigenvalue weighted by atomic mass is 10.0. The second-order valence-electron chi connectivity index (χ2n) is 8.73. The quantitative estimate of drug-likeness (QED) is 0.458. The maximum Gasteiger partial charge on any atom is 0.336 e. The highest BCUT2D eigenvalue weighted by molar-refractivity contribution is 5.83. The van der Waals surface area contributed by atoms with Crippen molar-refractivity contribution in [1.29, 1.82) is 0 Å². The van der Waals surface area contributed by atoms with E-state index in [1.54, 1.807) is 31.2 Å². The first-order chi connectivity index (χ1) is 16.4. The molecular weight excluding hydrogens is 437 g/mol. The van der Waals surface area contributed by atoms with Crippen LogP contribution in [0.5, 0.6) is 5.88 Å². The molecular formula is C25H26FN5O3. The van der Waals surface area contributed by atoms with Crippen LogP contribution in [0.15, 0.2) is 52.1 Å². The molecule has 5 rings (SSSR count). The summed E-state index contributed by atoms with van der Waals surface area (Å²) in [5.74, 6) is -0.882. The van der Waals surface area contributed by atoms with Crippen molar-refractivity contribution in [1.82, 2.24) is 24.2 Å². The maximum atomic E-state index is 14.9. The monoisotopic (exact) mass is 463 g/mol. The molecule has 9 heteroatoms. The van der Waals surface area contributed by atoms with Gasteiger partial charge in [-0.2, -0.15) is 5.10 Å². The number of rotatable bonds is 6.